The second-order valence-corrected chi connectivity index (χ2v) is 5.90. The first-order chi connectivity index (χ1) is 12.0. The molecule has 8 nitrogen and oxygen atoms in total. The number of hydrogen-bond acceptors (Lipinski definition) is 6. The van der Waals surface area contributed by atoms with Gasteiger partial charge >= 0.3 is 0 Å². The Bertz CT molecular complexity index is 710. The molecule has 2 heterocycles. The van der Waals surface area contributed by atoms with Gasteiger partial charge in [0, 0.05) is 25.9 Å². The molecule has 0 saturated carbocycles. The number of methoxy groups -OCH3 is 3. The molecule has 134 valence electrons. The van der Waals surface area contributed by atoms with E-state index in [1.807, 2.05) is 0 Å². The van der Waals surface area contributed by atoms with Gasteiger partial charge in [0.15, 0.2) is 11.5 Å². The number of rotatable bonds is 5. The van der Waals surface area contributed by atoms with Gasteiger partial charge in [0.05, 0.1) is 32.9 Å². The van der Waals surface area contributed by atoms with Crippen LogP contribution in [0.5, 0.6) is 17.2 Å². The molecule has 0 aromatic heterocycles. The van der Waals surface area contributed by atoms with E-state index in [-0.39, 0.29) is 36.6 Å². The lowest BCUT2D eigenvalue weighted by molar-refractivity contribution is -0.144. The predicted molar refractivity (Wildman–Crippen MR) is 86.9 cm³/mol. The lowest BCUT2D eigenvalue weighted by atomic mass is 10.0. The van der Waals surface area contributed by atoms with E-state index < -0.39 is 0 Å². The second-order valence-electron chi connectivity index (χ2n) is 5.90. The normalized spacial score (nSPS) is 17.6. The molecule has 2 aliphatic heterocycles. The maximum Gasteiger partial charge on any atom is 0.257 e. The number of amides is 3. The van der Waals surface area contributed by atoms with Crippen molar-refractivity contribution in [2.75, 3.05) is 34.4 Å². The highest BCUT2D eigenvalue weighted by Crippen LogP contribution is 2.40. The smallest absolute Gasteiger partial charge is 0.257 e. The van der Waals surface area contributed by atoms with Crippen molar-refractivity contribution in [3.63, 3.8) is 0 Å². The van der Waals surface area contributed by atoms with Crippen LogP contribution in [0.1, 0.15) is 23.2 Å². The summed E-state index contributed by atoms with van der Waals surface area (Å²) in [6, 6.07) is 3.01. The predicted octanol–water partition coefficient (Wildman–Crippen LogP) is 0.686. The van der Waals surface area contributed by atoms with E-state index in [4.69, 9.17) is 14.2 Å². The topological polar surface area (TPSA) is 85.4 Å². The molecule has 3 amide bonds. The number of likely N-dealkylation sites (tertiary alicyclic amines) is 2. The van der Waals surface area contributed by atoms with Crippen LogP contribution >= 0.6 is 0 Å². The van der Waals surface area contributed by atoms with Gasteiger partial charge in [-0.1, -0.05) is 0 Å². The van der Waals surface area contributed by atoms with Crippen molar-refractivity contribution in [1.29, 1.82) is 0 Å². The van der Waals surface area contributed by atoms with E-state index in [0.717, 1.165) is 0 Å². The Labute approximate surface area is 145 Å². The number of ether oxygens (including phenoxy) is 3. The average Bonchev–Trinajstić information content (AvgIpc) is 2.91. The highest BCUT2D eigenvalue weighted by molar-refractivity contribution is 6.03. The number of benzene rings is 1. The van der Waals surface area contributed by atoms with Crippen molar-refractivity contribution in [2.24, 2.45) is 0 Å². The number of hydrogen-bond donors (Lipinski definition) is 0. The van der Waals surface area contributed by atoms with Gasteiger partial charge in [-0.2, -0.15) is 0 Å². The Morgan fingerprint density at radius 3 is 2.08 bits per heavy atom. The van der Waals surface area contributed by atoms with E-state index in [1.54, 1.807) is 17.0 Å². The van der Waals surface area contributed by atoms with Crippen molar-refractivity contribution >= 4 is 17.7 Å². The minimum absolute atomic E-state index is 0.161. The molecule has 3 rings (SSSR count). The zero-order chi connectivity index (χ0) is 18.1. The van der Waals surface area contributed by atoms with Crippen molar-refractivity contribution < 1.29 is 28.6 Å². The molecule has 2 aliphatic rings. The van der Waals surface area contributed by atoms with Gasteiger partial charge in [0.2, 0.25) is 17.6 Å². The van der Waals surface area contributed by atoms with Crippen LogP contribution in [0.3, 0.4) is 0 Å². The van der Waals surface area contributed by atoms with Crippen molar-refractivity contribution in [3.8, 4) is 17.2 Å². The van der Waals surface area contributed by atoms with Crippen LogP contribution in [0, 0.1) is 0 Å². The van der Waals surface area contributed by atoms with Gasteiger partial charge in [-0.05, 0) is 12.1 Å². The first kappa shape index (κ1) is 17.1. The number of nitrogens with zero attached hydrogens (tertiary/aromatic N) is 2. The molecule has 0 N–H and O–H groups in total. The van der Waals surface area contributed by atoms with Gasteiger partial charge in [-0.3, -0.25) is 19.3 Å². The van der Waals surface area contributed by atoms with E-state index in [2.05, 4.69) is 0 Å². The Kier molecular flexibility index (Phi) is 4.52. The van der Waals surface area contributed by atoms with Crippen molar-refractivity contribution in [1.82, 2.24) is 9.80 Å². The van der Waals surface area contributed by atoms with E-state index in [9.17, 15) is 14.4 Å². The van der Waals surface area contributed by atoms with Gasteiger partial charge < -0.3 is 19.1 Å². The van der Waals surface area contributed by atoms with Crippen molar-refractivity contribution in [3.05, 3.63) is 17.7 Å². The van der Waals surface area contributed by atoms with Crippen LogP contribution in [0.4, 0.5) is 0 Å². The minimum Gasteiger partial charge on any atom is -0.493 e. The van der Waals surface area contributed by atoms with Crippen LogP contribution in [-0.2, 0) is 9.59 Å². The number of imide groups is 1. The molecule has 0 spiro atoms. The maximum absolute atomic E-state index is 12.8. The maximum atomic E-state index is 12.8. The highest BCUT2D eigenvalue weighted by Gasteiger charge is 2.43. The number of carbonyl (C=O) groups is 3. The molecule has 1 aromatic rings. The van der Waals surface area contributed by atoms with Crippen LogP contribution in [0.15, 0.2) is 12.1 Å². The van der Waals surface area contributed by atoms with Crippen LogP contribution in [0.25, 0.3) is 0 Å². The molecule has 2 fully saturated rings. The third kappa shape index (κ3) is 2.77. The molecular formula is C17H20N2O6. The van der Waals surface area contributed by atoms with Crippen LogP contribution in [0.2, 0.25) is 0 Å². The zero-order valence-electron chi connectivity index (χ0n) is 14.4. The largest absolute Gasteiger partial charge is 0.493 e. The Morgan fingerprint density at radius 1 is 0.960 bits per heavy atom. The van der Waals surface area contributed by atoms with Crippen LogP contribution in [-0.4, -0.2) is 68.0 Å². The van der Waals surface area contributed by atoms with E-state index in [1.165, 1.54) is 26.2 Å². The summed E-state index contributed by atoms with van der Waals surface area (Å²) in [6.45, 7) is 0.654. The third-order valence-corrected chi connectivity index (χ3v) is 4.54. The summed E-state index contributed by atoms with van der Waals surface area (Å²) in [5, 5.41) is 0. The summed E-state index contributed by atoms with van der Waals surface area (Å²) < 4.78 is 15.8. The average molecular weight is 348 g/mol. The fraction of sp³-hybridized carbons (Fsp3) is 0.471. The lowest BCUT2D eigenvalue weighted by Crippen LogP contribution is -2.62. The Hall–Kier alpha value is -2.77. The summed E-state index contributed by atoms with van der Waals surface area (Å²) >= 11 is 0. The van der Waals surface area contributed by atoms with Crippen molar-refractivity contribution in [2.45, 2.75) is 18.9 Å². The van der Waals surface area contributed by atoms with Crippen LogP contribution < -0.4 is 14.2 Å². The molecule has 0 unspecified atom stereocenters. The molecular weight excluding hydrogens is 328 g/mol. The number of carbonyl (C=O) groups excluding carboxylic acids is 3. The molecule has 0 bridgehead atoms. The molecule has 1 aromatic carbocycles. The van der Waals surface area contributed by atoms with Gasteiger partial charge in [0.25, 0.3) is 5.91 Å². The fourth-order valence-corrected chi connectivity index (χ4v) is 3.23. The molecule has 0 atom stereocenters. The van der Waals surface area contributed by atoms with E-state index in [0.29, 0.717) is 35.9 Å². The molecule has 0 aliphatic carbocycles. The fourth-order valence-electron chi connectivity index (χ4n) is 3.23. The lowest BCUT2D eigenvalue weighted by Gasteiger charge is -2.43. The monoisotopic (exact) mass is 348 g/mol. The molecule has 2 saturated heterocycles. The SMILES string of the molecule is COc1ccc(C(=O)N2CC(N3C(=O)CCC3=O)C2)c(OC)c1OC. The highest BCUT2D eigenvalue weighted by atomic mass is 16.5. The Morgan fingerprint density at radius 2 is 1.56 bits per heavy atom. The Balaban J connectivity index is 1.77. The van der Waals surface area contributed by atoms with Gasteiger partial charge in [-0.25, -0.2) is 0 Å². The summed E-state index contributed by atoms with van der Waals surface area (Å²) in [4.78, 5) is 39.2. The third-order valence-electron chi connectivity index (χ3n) is 4.54. The van der Waals surface area contributed by atoms with Gasteiger partial charge in [0.1, 0.15) is 0 Å². The summed E-state index contributed by atoms with van der Waals surface area (Å²) in [6.07, 6.45) is 0.513. The summed E-state index contributed by atoms with van der Waals surface area (Å²) in [5.74, 6) is 0.539. The quantitative estimate of drug-likeness (QED) is 0.728. The first-order valence-electron chi connectivity index (χ1n) is 7.95. The zero-order valence-corrected chi connectivity index (χ0v) is 14.4. The van der Waals surface area contributed by atoms with Gasteiger partial charge in [-0.15, -0.1) is 0 Å². The molecule has 0 radical (unpaired) electrons. The summed E-state index contributed by atoms with van der Waals surface area (Å²) in [7, 11) is 4.43. The minimum atomic E-state index is -0.242. The second kappa shape index (κ2) is 6.62. The van der Waals surface area contributed by atoms with E-state index >= 15 is 0 Å². The first-order valence-corrected chi connectivity index (χ1v) is 7.95. The molecule has 8 heteroatoms. The summed E-state index contributed by atoms with van der Waals surface area (Å²) in [5.41, 5.74) is 0.345. The molecule has 25 heavy (non-hydrogen) atoms. The standard InChI is InChI=1S/C17H20N2O6/c1-23-12-5-4-11(15(24-2)16(12)25-3)17(22)18-8-10(9-18)19-13(20)6-7-14(19)21/h4-5,10H,6-9H2,1-3H3.